The van der Waals surface area contributed by atoms with Crippen molar-refractivity contribution < 1.29 is 0 Å². The number of thiophene rings is 1. The minimum absolute atomic E-state index is 0.380. The number of nitrogens with two attached hydrogens (primary N) is 1. The van der Waals surface area contributed by atoms with Crippen molar-refractivity contribution in [3.63, 3.8) is 0 Å². The summed E-state index contributed by atoms with van der Waals surface area (Å²) in [7, 11) is 0. The molecule has 0 aliphatic carbocycles. The minimum atomic E-state index is 0.380. The van der Waals surface area contributed by atoms with Gasteiger partial charge in [0.2, 0.25) is 0 Å². The molecule has 1 aliphatic heterocycles. The van der Waals surface area contributed by atoms with Crippen LogP contribution in [0.25, 0.3) is 0 Å². The summed E-state index contributed by atoms with van der Waals surface area (Å²) in [5.74, 6) is 2.97. The highest BCUT2D eigenvalue weighted by Crippen LogP contribution is 2.29. The molecular formula is C9H12ClNS2. The van der Waals surface area contributed by atoms with Gasteiger partial charge in [0.05, 0.1) is 4.34 Å². The van der Waals surface area contributed by atoms with Crippen LogP contribution in [0.15, 0.2) is 12.1 Å². The van der Waals surface area contributed by atoms with Gasteiger partial charge in [-0.25, -0.2) is 0 Å². The van der Waals surface area contributed by atoms with Crippen LogP contribution in [0.4, 0.5) is 0 Å². The third-order valence-corrected chi connectivity index (χ3v) is 4.88. The summed E-state index contributed by atoms with van der Waals surface area (Å²) in [6.45, 7) is 0. The zero-order valence-electron chi connectivity index (χ0n) is 7.20. The van der Waals surface area contributed by atoms with E-state index in [1.807, 2.05) is 17.8 Å². The van der Waals surface area contributed by atoms with Gasteiger partial charge >= 0.3 is 0 Å². The summed E-state index contributed by atoms with van der Waals surface area (Å²) in [5, 5.41) is 0. The van der Waals surface area contributed by atoms with Gasteiger partial charge in [0, 0.05) is 16.7 Å². The quantitative estimate of drug-likeness (QED) is 0.850. The second-order valence-electron chi connectivity index (χ2n) is 3.37. The molecule has 72 valence electrons. The average Bonchev–Trinajstić information content (AvgIpc) is 2.64. The molecule has 1 nitrogen and oxygen atoms in total. The molecule has 2 N–H and O–H groups in total. The van der Waals surface area contributed by atoms with E-state index >= 15 is 0 Å². The second-order valence-corrected chi connectivity index (χ2v) is 6.25. The van der Waals surface area contributed by atoms with E-state index in [2.05, 4.69) is 6.07 Å². The molecule has 2 atom stereocenters. The molecule has 0 bridgehead atoms. The van der Waals surface area contributed by atoms with Gasteiger partial charge < -0.3 is 5.73 Å². The molecule has 13 heavy (non-hydrogen) atoms. The van der Waals surface area contributed by atoms with E-state index in [9.17, 15) is 0 Å². The molecule has 0 radical (unpaired) electrons. The Bertz CT molecular complexity index is 287. The van der Waals surface area contributed by atoms with Crippen LogP contribution in [0.5, 0.6) is 0 Å². The van der Waals surface area contributed by atoms with Gasteiger partial charge in [0.25, 0.3) is 0 Å². The van der Waals surface area contributed by atoms with Gasteiger partial charge in [-0.1, -0.05) is 11.6 Å². The van der Waals surface area contributed by atoms with Crippen LogP contribution >= 0.6 is 34.7 Å². The monoisotopic (exact) mass is 233 g/mol. The molecule has 2 rings (SSSR count). The molecule has 0 aromatic carbocycles. The largest absolute Gasteiger partial charge is 0.327 e. The second kappa shape index (κ2) is 4.22. The van der Waals surface area contributed by atoms with Gasteiger partial charge in [0.15, 0.2) is 0 Å². The van der Waals surface area contributed by atoms with Crippen LogP contribution in [0.2, 0.25) is 4.34 Å². The maximum atomic E-state index is 5.98. The number of hydrogen-bond donors (Lipinski definition) is 1. The summed E-state index contributed by atoms with van der Waals surface area (Å²) in [6, 6.07) is 4.46. The molecule has 0 saturated carbocycles. The van der Waals surface area contributed by atoms with Gasteiger partial charge in [-0.05, 0) is 30.2 Å². The van der Waals surface area contributed by atoms with Crippen LogP contribution in [0.3, 0.4) is 0 Å². The molecule has 1 aromatic rings. The van der Waals surface area contributed by atoms with Crippen molar-refractivity contribution in [3.8, 4) is 0 Å². The van der Waals surface area contributed by atoms with Crippen molar-refractivity contribution in [2.75, 3.05) is 11.5 Å². The van der Waals surface area contributed by atoms with Crippen molar-refractivity contribution >= 4 is 34.7 Å². The van der Waals surface area contributed by atoms with Crippen molar-refractivity contribution in [2.24, 2.45) is 11.7 Å². The molecule has 1 saturated heterocycles. The van der Waals surface area contributed by atoms with Crippen molar-refractivity contribution in [3.05, 3.63) is 21.3 Å². The van der Waals surface area contributed by atoms with Crippen molar-refractivity contribution in [1.29, 1.82) is 0 Å². The summed E-state index contributed by atoms with van der Waals surface area (Å²) in [5.41, 5.74) is 5.98. The Hall–Kier alpha value is 0.300. The van der Waals surface area contributed by atoms with E-state index in [0.29, 0.717) is 12.0 Å². The molecule has 0 spiro atoms. The topological polar surface area (TPSA) is 26.0 Å². The Kier molecular flexibility index (Phi) is 3.19. The maximum absolute atomic E-state index is 5.98. The Morgan fingerprint density at radius 1 is 1.46 bits per heavy atom. The molecule has 1 aromatic heterocycles. The normalized spacial score (nSPS) is 28.2. The van der Waals surface area contributed by atoms with E-state index in [1.54, 1.807) is 11.3 Å². The van der Waals surface area contributed by atoms with Gasteiger partial charge in [-0.2, -0.15) is 11.8 Å². The van der Waals surface area contributed by atoms with Crippen molar-refractivity contribution in [1.82, 2.24) is 0 Å². The first kappa shape index (κ1) is 9.84. The zero-order valence-corrected chi connectivity index (χ0v) is 9.59. The fourth-order valence-corrected chi connectivity index (χ4v) is 4.07. The molecule has 1 aliphatic rings. The van der Waals surface area contributed by atoms with E-state index in [4.69, 9.17) is 17.3 Å². The summed E-state index contributed by atoms with van der Waals surface area (Å²) >= 11 is 9.50. The predicted molar refractivity (Wildman–Crippen MR) is 61.8 cm³/mol. The Labute approximate surface area is 91.7 Å². The first-order chi connectivity index (χ1) is 6.25. The fourth-order valence-electron chi connectivity index (χ4n) is 1.55. The smallest absolute Gasteiger partial charge is 0.0931 e. The number of hydrogen-bond acceptors (Lipinski definition) is 3. The van der Waals surface area contributed by atoms with Crippen LogP contribution in [-0.2, 0) is 6.42 Å². The number of thioether (sulfide) groups is 1. The van der Waals surface area contributed by atoms with Crippen LogP contribution < -0.4 is 5.73 Å². The lowest BCUT2D eigenvalue weighted by molar-refractivity contribution is 0.519. The van der Waals surface area contributed by atoms with Crippen LogP contribution in [0, 0.1) is 5.92 Å². The fraction of sp³-hybridized carbons (Fsp3) is 0.556. The molecule has 4 heteroatoms. The number of halogens is 1. The van der Waals surface area contributed by atoms with E-state index in [0.717, 1.165) is 16.5 Å². The Balaban J connectivity index is 1.97. The lowest BCUT2D eigenvalue weighted by atomic mass is 10.00. The third-order valence-electron chi connectivity index (χ3n) is 2.34. The first-order valence-electron chi connectivity index (χ1n) is 4.33. The first-order valence-corrected chi connectivity index (χ1v) is 6.68. The highest BCUT2D eigenvalue weighted by molar-refractivity contribution is 7.99. The highest BCUT2D eigenvalue weighted by atomic mass is 35.5. The Morgan fingerprint density at radius 3 is 2.85 bits per heavy atom. The standard InChI is InChI=1S/C9H12ClNS2/c10-9-2-1-7(13-9)3-6-4-12-5-8(6)11/h1-2,6,8H,3-5,11H2. The molecular weight excluding hydrogens is 222 g/mol. The zero-order chi connectivity index (χ0) is 9.26. The minimum Gasteiger partial charge on any atom is -0.327 e. The van der Waals surface area contributed by atoms with Gasteiger partial charge in [-0.15, -0.1) is 11.3 Å². The predicted octanol–water partition coefficient (Wildman–Crippen LogP) is 2.63. The summed E-state index contributed by atoms with van der Waals surface area (Å²) in [4.78, 5) is 1.37. The van der Waals surface area contributed by atoms with Crippen LogP contribution in [0.1, 0.15) is 4.88 Å². The third kappa shape index (κ3) is 2.40. The van der Waals surface area contributed by atoms with Gasteiger partial charge in [-0.3, -0.25) is 0 Å². The lowest BCUT2D eigenvalue weighted by Crippen LogP contribution is -2.29. The molecule has 1 fully saturated rings. The van der Waals surface area contributed by atoms with Gasteiger partial charge in [0.1, 0.15) is 0 Å². The number of rotatable bonds is 2. The molecule has 2 heterocycles. The van der Waals surface area contributed by atoms with Crippen molar-refractivity contribution in [2.45, 2.75) is 12.5 Å². The summed E-state index contributed by atoms with van der Waals surface area (Å²) < 4.78 is 0.884. The SMILES string of the molecule is NC1CSCC1Cc1ccc(Cl)s1. The maximum Gasteiger partial charge on any atom is 0.0931 e. The lowest BCUT2D eigenvalue weighted by Gasteiger charge is -2.12. The average molecular weight is 234 g/mol. The highest BCUT2D eigenvalue weighted by Gasteiger charge is 2.24. The van der Waals surface area contributed by atoms with E-state index in [1.165, 1.54) is 10.6 Å². The summed E-state index contributed by atoms with van der Waals surface area (Å²) in [6.07, 6.45) is 1.10. The van der Waals surface area contributed by atoms with Crippen LogP contribution in [-0.4, -0.2) is 17.5 Å². The van der Waals surface area contributed by atoms with E-state index < -0.39 is 0 Å². The molecule has 0 amide bonds. The Morgan fingerprint density at radius 2 is 2.31 bits per heavy atom. The van der Waals surface area contributed by atoms with E-state index in [-0.39, 0.29) is 0 Å². The molecule has 2 unspecified atom stereocenters.